The maximum Gasteiger partial charge on any atom is 0.239 e. The van der Waals surface area contributed by atoms with E-state index >= 15 is 0 Å². The molecular formula is C28H32O16. The molecule has 2 aromatic carbocycles. The Morgan fingerprint density at radius 2 is 1.57 bits per heavy atom. The smallest absolute Gasteiger partial charge is 0.239 e. The summed E-state index contributed by atoms with van der Waals surface area (Å²) in [5.41, 5.74) is -1.15. The van der Waals surface area contributed by atoms with Gasteiger partial charge in [-0.25, -0.2) is 0 Å². The molecule has 10 atom stereocenters. The second-order valence-corrected chi connectivity index (χ2v) is 10.4. The third-order valence-corrected chi connectivity index (χ3v) is 7.52. The van der Waals surface area contributed by atoms with Crippen LogP contribution < -0.4 is 14.9 Å². The van der Waals surface area contributed by atoms with Gasteiger partial charge in [0.1, 0.15) is 59.1 Å². The van der Waals surface area contributed by atoms with E-state index < -0.39 is 96.1 Å². The summed E-state index contributed by atoms with van der Waals surface area (Å²) in [6.07, 6.45) is -16.5. The Balaban J connectivity index is 1.63. The zero-order valence-electron chi connectivity index (χ0n) is 23.3. The summed E-state index contributed by atoms with van der Waals surface area (Å²) < 4.78 is 33.8. The van der Waals surface area contributed by atoms with Gasteiger partial charge in [-0.1, -0.05) is 0 Å². The highest BCUT2D eigenvalue weighted by Gasteiger charge is 2.51. The van der Waals surface area contributed by atoms with E-state index in [9.17, 15) is 50.8 Å². The van der Waals surface area contributed by atoms with Crippen LogP contribution in [0.1, 0.15) is 6.92 Å². The molecule has 16 nitrogen and oxygen atoms in total. The van der Waals surface area contributed by atoms with E-state index in [-0.39, 0.29) is 28.4 Å². The van der Waals surface area contributed by atoms with Gasteiger partial charge in [0.25, 0.3) is 0 Å². The molecule has 0 amide bonds. The number of phenols is 3. The van der Waals surface area contributed by atoms with Crippen LogP contribution >= 0.6 is 0 Å². The molecule has 0 aliphatic carbocycles. The maximum absolute atomic E-state index is 13.8. The number of ether oxygens (including phenoxy) is 5. The molecule has 0 spiro atoms. The lowest BCUT2D eigenvalue weighted by molar-refractivity contribution is -0.354. The zero-order valence-corrected chi connectivity index (χ0v) is 23.3. The predicted octanol–water partition coefficient (Wildman–Crippen LogP) is -1.38. The van der Waals surface area contributed by atoms with Crippen LogP contribution in [0.25, 0.3) is 22.3 Å². The van der Waals surface area contributed by atoms with E-state index in [1.807, 2.05) is 0 Å². The van der Waals surface area contributed by atoms with Crippen molar-refractivity contribution in [2.45, 2.75) is 68.3 Å². The number of benzene rings is 2. The summed E-state index contributed by atoms with van der Waals surface area (Å²) in [5.74, 6) is -2.34. The number of aromatic hydroxyl groups is 3. The number of hydrogen-bond acceptors (Lipinski definition) is 16. The SMILES string of the molecule is COc1cc(-c2oc3cc(O)cc(O)c3c(=O)c2O[C@@H]2O[C@@H](CO)[C@@H](O)[C@@H](O)[C@H]2O[C@H]2O[C@H](C)[C@H](O)[C@H](O)[C@@H]2O)ccc1O. The number of fused-ring (bicyclic) bond motifs is 1. The van der Waals surface area contributed by atoms with Gasteiger partial charge in [0, 0.05) is 17.7 Å². The van der Waals surface area contributed by atoms with Gasteiger partial charge in [0.05, 0.1) is 19.8 Å². The fourth-order valence-electron chi connectivity index (χ4n) is 5.08. The number of rotatable bonds is 7. The highest BCUT2D eigenvalue weighted by atomic mass is 16.8. The number of hydrogen-bond donors (Lipinski definition) is 9. The Morgan fingerprint density at radius 3 is 2.25 bits per heavy atom. The maximum atomic E-state index is 13.8. The van der Waals surface area contributed by atoms with Gasteiger partial charge in [-0.05, 0) is 25.1 Å². The standard InChI is InChI=1S/C28H32O16/c1-9-18(33)21(36)23(38)27(40-9)44-26-22(37)19(34)16(8-29)42-28(26)43-25-20(35)17-13(32)6-11(30)7-15(17)41-24(25)10-3-4-12(31)14(5-10)39-2/h3-7,9,16,18-19,21-23,26-34,36-38H,8H2,1-2H3/t9-,16+,18+,19-,21+,22-,23+,26-,27-,28+/m1/s1. The molecule has 5 rings (SSSR count). The fraction of sp³-hybridized carbons (Fsp3) is 0.464. The molecule has 9 N–H and O–H groups in total. The molecule has 2 aliphatic rings. The van der Waals surface area contributed by atoms with Gasteiger partial charge in [0.2, 0.25) is 17.5 Å². The van der Waals surface area contributed by atoms with E-state index in [0.717, 1.165) is 12.1 Å². The van der Waals surface area contributed by atoms with Crippen molar-refractivity contribution in [2.75, 3.05) is 13.7 Å². The normalized spacial score (nSPS) is 32.5. The summed E-state index contributed by atoms with van der Waals surface area (Å²) >= 11 is 0. The second-order valence-electron chi connectivity index (χ2n) is 10.4. The Bertz CT molecular complexity index is 1560. The largest absolute Gasteiger partial charge is 0.508 e. The third kappa shape index (κ3) is 5.63. The van der Waals surface area contributed by atoms with E-state index in [4.69, 9.17) is 28.1 Å². The Morgan fingerprint density at radius 1 is 0.841 bits per heavy atom. The lowest BCUT2D eigenvalue weighted by Gasteiger charge is -2.45. The quantitative estimate of drug-likeness (QED) is 0.147. The predicted molar refractivity (Wildman–Crippen MR) is 145 cm³/mol. The van der Waals surface area contributed by atoms with Crippen LogP contribution in [0, 0.1) is 0 Å². The van der Waals surface area contributed by atoms with Crippen molar-refractivity contribution in [1.82, 2.24) is 0 Å². The minimum absolute atomic E-state index is 0.0257. The van der Waals surface area contributed by atoms with Crippen molar-refractivity contribution < 1.29 is 74.1 Å². The number of phenolic OH excluding ortho intramolecular Hbond substituents is 3. The summed E-state index contributed by atoms with van der Waals surface area (Å²) in [7, 11) is 1.28. The van der Waals surface area contributed by atoms with Crippen molar-refractivity contribution in [2.24, 2.45) is 0 Å². The molecule has 0 bridgehead atoms. The van der Waals surface area contributed by atoms with Crippen LogP contribution in [0.5, 0.6) is 28.7 Å². The molecule has 3 aromatic rings. The van der Waals surface area contributed by atoms with E-state index in [0.29, 0.717) is 0 Å². The van der Waals surface area contributed by atoms with Crippen molar-refractivity contribution in [3.63, 3.8) is 0 Å². The van der Waals surface area contributed by atoms with Crippen molar-refractivity contribution >= 4 is 11.0 Å². The average Bonchev–Trinajstić information content (AvgIpc) is 2.99. The van der Waals surface area contributed by atoms with Crippen LogP contribution in [-0.4, -0.2) is 121 Å². The molecule has 44 heavy (non-hydrogen) atoms. The Kier molecular flexibility index (Phi) is 8.90. The summed E-state index contributed by atoms with van der Waals surface area (Å²) in [6.45, 7) is 0.570. The second kappa shape index (κ2) is 12.4. The molecule has 0 saturated carbocycles. The highest BCUT2D eigenvalue weighted by molar-refractivity contribution is 5.88. The molecule has 2 aliphatic heterocycles. The van der Waals surface area contributed by atoms with Crippen molar-refractivity contribution in [1.29, 1.82) is 0 Å². The van der Waals surface area contributed by atoms with Crippen molar-refractivity contribution in [3.05, 3.63) is 40.6 Å². The lowest BCUT2D eigenvalue weighted by atomic mass is 9.97. The van der Waals surface area contributed by atoms with Crippen molar-refractivity contribution in [3.8, 4) is 40.1 Å². The Labute approximate surface area is 248 Å². The molecule has 240 valence electrons. The number of methoxy groups -OCH3 is 1. The molecular weight excluding hydrogens is 592 g/mol. The van der Waals surface area contributed by atoms with Gasteiger partial charge >= 0.3 is 0 Å². The van der Waals surface area contributed by atoms with Crippen LogP contribution in [0.2, 0.25) is 0 Å². The first-order valence-corrected chi connectivity index (χ1v) is 13.4. The van der Waals surface area contributed by atoms with E-state index in [1.54, 1.807) is 0 Å². The van der Waals surface area contributed by atoms with Gasteiger partial charge in [-0.3, -0.25) is 4.79 Å². The molecule has 2 saturated heterocycles. The first kappa shape index (κ1) is 31.7. The van der Waals surface area contributed by atoms with E-state index in [2.05, 4.69) is 0 Å². The van der Waals surface area contributed by atoms with Crippen LogP contribution in [0.15, 0.2) is 39.5 Å². The molecule has 0 radical (unpaired) electrons. The van der Waals surface area contributed by atoms with Crippen LogP contribution in [0.4, 0.5) is 0 Å². The minimum atomic E-state index is -1.89. The van der Waals surface area contributed by atoms with Gasteiger partial charge in [0.15, 0.2) is 29.7 Å². The summed E-state index contributed by atoms with van der Waals surface area (Å²) in [4.78, 5) is 13.8. The number of aliphatic hydroxyl groups is 6. The average molecular weight is 625 g/mol. The highest BCUT2D eigenvalue weighted by Crippen LogP contribution is 2.40. The minimum Gasteiger partial charge on any atom is -0.508 e. The monoisotopic (exact) mass is 624 g/mol. The van der Waals surface area contributed by atoms with Gasteiger partial charge < -0.3 is 74.1 Å². The third-order valence-electron chi connectivity index (χ3n) is 7.52. The van der Waals surface area contributed by atoms with Crippen LogP contribution in [0.3, 0.4) is 0 Å². The summed E-state index contributed by atoms with van der Waals surface area (Å²) in [5, 5.41) is 92.3. The fourth-order valence-corrected chi connectivity index (χ4v) is 5.08. The topological polar surface area (TPSA) is 258 Å². The summed E-state index contributed by atoms with van der Waals surface area (Å²) in [6, 6.07) is 5.81. The Hall–Kier alpha value is -3.71. The first-order valence-electron chi connectivity index (χ1n) is 13.4. The molecule has 16 heteroatoms. The van der Waals surface area contributed by atoms with Crippen LogP contribution in [-0.2, 0) is 14.2 Å². The lowest BCUT2D eigenvalue weighted by Crippen LogP contribution is -2.64. The number of aliphatic hydroxyl groups excluding tert-OH is 6. The first-order chi connectivity index (χ1) is 20.9. The zero-order chi connectivity index (χ0) is 32.0. The van der Waals surface area contributed by atoms with Gasteiger partial charge in [-0.2, -0.15) is 0 Å². The molecule has 1 aromatic heterocycles. The molecule has 3 heterocycles. The van der Waals surface area contributed by atoms with Gasteiger partial charge in [-0.15, -0.1) is 0 Å². The molecule has 2 fully saturated rings. The van der Waals surface area contributed by atoms with E-state index in [1.165, 1.54) is 32.2 Å². The molecule has 0 unspecified atom stereocenters.